The van der Waals surface area contributed by atoms with Crippen molar-refractivity contribution in [3.8, 4) is 0 Å². The van der Waals surface area contributed by atoms with Crippen LogP contribution in [-0.2, 0) is 4.79 Å². The first-order chi connectivity index (χ1) is 8.29. The van der Waals surface area contributed by atoms with Gasteiger partial charge in [0.2, 0.25) is 0 Å². The van der Waals surface area contributed by atoms with Gasteiger partial charge in [0.05, 0.1) is 0 Å². The maximum absolute atomic E-state index is 11.1. The van der Waals surface area contributed by atoms with Crippen LogP contribution in [0.1, 0.15) is 11.1 Å². The Morgan fingerprint density at radius 2 is 1.59 bits per heavy atom. The van der Waals surface area contributed by atoms with E-state index in [1.807, 2.05) is 48.5 Å². The fourth-order valence-electron chi connectivity index (χ4n) is 1.55. The molecule has 0 aliphatic heterocycles. The Labute approximate surface area is 105 Å². The van der Waals surface area contributed by atoms with Gasteiger partial charge in [-0.15, -0.1) is 0 Å². The topological polar surface area (TPSA) is 17.1 Å². The molecule has 0 fully saturated rings. The summed E-state index contributed by atoms with van der Waals surface area (Å²) < 4.78 is 0. The Morgan fingerprint density at radius 3 is 2.18 bits per heavy atom. The third-order valence-corrected chi connectivity index (χ3v) is 2.68. The van der Waals surface area contributed by atoms with Gasteiger partial charge in [0.25, 0.3) is 0 Å². The number of aldehydes is 1. The molecule has 0 unspecified atom stereocenters. The van der Waals surface area contributed by atoms with Crippen molar-refractivity contribution in [1.29, 1.82) is 0 Å². The number of hydrogen-bond acceptors (Lipinski definition) is 1. The van der Waals surface area contributed by atoms with Gasteiger partial charge in [0.15, 0.2) is 6.29 Å². The molecular formula is C15H11ClO. The van der Waals surface area contributed by atoms with E-state index in [1.54, 1.807) is 12.1 Å². The number of carbonyl (C=O) groups is 1. The molecule has 0 aromatic heterocycles. The van der Waals surface area contributed by atoms with Gasteiger partial charge in [-0.1, -0.05) is 54.1 Å². The Bertz CT molecular complexity index is 527. The van der Waals surface area contributed by atoms with Crippen LogP contribution in [0.15, 0.2) is 54.6 Å². The third kappa shape index (κ3) is 3.05. The third-order valence-electron chi connectivity index (χ3n) is 2.43. The van der Waals surface area contributed by atoms with Gasteiger partial charge in [0, 0.05) is 10.6 Å². The SMILES string of the molecule is O=C/C(=C\c1ccc(Cl)cc1)c1ccccc1. The smallest absolute Gasteiger partial charge is 0.150 e. The van der Waals surface area contributed by atoms with Crippen molar-refractivity contribution in [1.82, 2.24) is 0 Å². The van der Waals surface area contributed by atoms with Crippen LogP contribution >= 0.6 is 11.6 Å². The maximum Gasteiger partial charge on any atom is 0.150 e. The first kappa shape index (κ1) is 11.6. The first-order valence-corrected chi connectivity index (χ1v) is 5.65. The van der Waals surface area contributed by atoms with Crippen molar-refractivity contribution < 1.29 is 4.79 Å². The molecule has 0 atom stereocenters. The summed E-state index contributed by atoms with van der Waals surface area (Å²) >= 11 is 5.81. The summed E-state index contributed by atoms with van der Waals surface area (Å²) in [6.45, 7) is 0. The Morgan fingerprint density at radius 1 is 0.941 bits per heavy atom. The van der Waals surface area contributed by atoms with E-state index < -0.39 is 0 Å². The van der Waals surface area contributed by atoms with Crippen LogP contribution in [0, 0.1) is 0 Å². The van der Waals surface area contributed by atoms with Gasteiger partial charge in [-0.25, -0.2) is 0 Å². The second kappa shape index (κ2) is 5.46. The molecule has 0 N–H and O–H groups in total. The van der Waals surface area contributed by atoms with Crippen molar-refractivity contribution in [2.24, 2.45) is 0 Å². The van der Waals surface area contributed by atoms with Crippen molar-refractivity contribution in [2.75, 3.05) is 0 Å². The van der Waals surface area contributed by atoms with Crippen LogP contribution in [0.25, 0.3) is 11.6 Å². The lowest BCUT2D eigenvalue weighted by Gasteiger charge is -2.00. The highest BCUT2D eigenvalue weighted by Gasteiger charge is 1.99. The molecule has 0 bridgehead atoms. The second-order valence-electron chi connectivity index (χ2n) is 3.64. The number of allylic oxidation sites excluding steroid dienone is 1. The predicted octanol–water partition coefficient (Wildman–Crippen LogP) is 4.08. The van der Waals surface area contributed by atoms with E-state index in [0.29, 0.717) is 10.6 Å². The molecule has 0 spiro atoms. The maximum atomic E-state index is 11.1. The molecule has 2 aromatic rings. The van der Waals surface area contributed by atoms with E-state index in [0.717, 1.165) is 17.4 Å². The van der Waals surface area contributed by atoms with Crippen LogP contribution in [0.2, 0.25) is 5.02 Å². The van der Waals surface area contributed by atoms with Crippen LogP contribution in [0.5, 0.6) is 0 Å². The van der Waals surface area contributed by atoms with E-state index in [2.05, 4.69) is 0 Å². The fraction of sp³-hybridized carbons (Fsp3) is 0. The highest BCUT2D eigenvalue weighted by atomic mass is 35.5. The molecule has 2 rings (SSSR count). The van der Waals surface area contributed by atoms with Crippen LogP contribution in [0.3, 0.4) is 0 Å². The minimum atomic E-state index is 0.660. The molecule has 1 nitrogen and oxygen atoms in total. The first-order valence-electron chi connectivity index (χ1n) is 5.27. The molecule has 0 aliphatic carbocycles. The molecule has 0 heterocycles. The van der Waals surface area contributed by atoms with Gasteiger partial charge in [-0.05, 0) is 29.3 Å². The molecule has 0 saturated heterocycles. The largest absolute Gasteiger partial charge is 0.298 e. The summed E-state index contributed by atoms with van der Waals surface area (Å²) in [5.41, 5.74) is 2.53. The molecule has 2 aromatic carbocycles. The molecule has 84 valence electrons. The lowest BCUT2D eigenvalue weighted by atomic mass is 10.0. The molecule has 2 heteroatoms. The van der Waals surface area contributed by atoms with Crippen molar-refractivity contribution >= 4 is 29.5 Å². The summed E-state index contributed by atoms with van der Waals surface area (Å²) in [6, 6.07) is 17.0. The monoisotopic (exact) mass is 242 g/mol. The molecule has 0 amide bonds. The standard InChI is InChI=1S/C15H11ClO/c16-15-8-6-12(7-9-15)10-14(11-17)13-4-2-1-3-5-13/h1-11H/b14-10+. The van der Waals surface area contributed by atoms with Crippen LogP contribution < -0.4 is 0 Å². The summed E-state index contributed by atoms with van der Waals surface area (Å²) in [4.78, 5) is 11.1. The summed E-state index contributed by atoms with van der Waals surface area (Å²) in [6.07, 6.45) is 2.71. The zero-order valence-electron chi connectivity index (χ0n) is 9.14. The van der Waals surface area contributed by atoms with Gasteiger partial charge >= 0.3 is 0 Å². The molecule has 0 aliphatic rings. The Hall–Kier alpha value is -1.86. The average molecular weight is 243 g/mol. The minimum Gasteiger partial charge on any atom is -0.298 e. The molecular weight excluding hydrogens is 232 g/mol. The lowest BCUT2D eigenvalue weighted by molar-refractivity contribution is -0.103. The zero-order valence-corrected chi connectivity index (χ0v) is 9.89. The quantitative estimate of drug-likeness (QED) is 0.450. The Kier molecular flexibility index (Phi) is 3.73. The van der Waals surface area contributed by atoms with E-state index in [9.17, 15) is 4.79 Å². The number of benzene rings is 2. The average Bonchev–Trinajstić information content (AvgIpc) is 2.39. The van der Waals surface area contributed by atoms with E-state index >= 15 is 0 Å². The molecule has 0 saturated carbocycles. The van der Waals surface area contributed by atoms with E-state index in [-0.39, 0.29) is 0 Å². The summed E-state index contributed by atoms with van der Waals surface area (Å²) in [5.74, 6) is 0. The highest BCUT2D eigenvalue weighted by molar-refractivity contribution is 6.30. The van der Waals surface area contributed by atoms with Gasteiger partial charge in [-0.3, -0.25) is 4.79 Å². The van der Waals surface area contributed by atoms with E-state index in [1.165, 1.54) is 0 Å². The molecule has 0 radical (unpaired) electrons. The van der Waals surface area contributed by atoms with Crippen molar-refractivity contribution in [2.45, 2.75) is 0 Å². The number of carbonyl (C=O) groups excluding carboxylic acids is 1. The highest BCUT2D eigenvalue weighted by Crippen LogP contribution is 2.17. The predicted molar refractivity (Wildman–Crippen MR) is 71.8 cm³/mol. The van der Waals surface area contributed by atoms with Crippen molar-refractivity contribution in [3.63, 3.8) is 0 Å². The lowest BCUT2D eigenvalue weighted by Crippen LogP contribution is -1.85. The fourth-order valence-corrected chi connectivity index (χ4v) is 1.68. The summed E-state index contributed by atoms with van der Waals surface area (Å²) in [7, 11) is 0. The van der Waals surface area contributed by atoms with Gasteiger partial charge < -0.3 is 0 Å². The van der Waals surface area contributed by atoms with Gasteiger partial charge in [-0.2, -0.15) is 0 Å². The number of hydrogen-bond donors (Lipinski definition) is 0. The minimum absolute atomic E-state index is 0.660. The second-order valence-corrected chi connectivity index (χ2v) is 4.07. The zero-order chi connectivity index (χ0) is 12.1. The van der Waals surface area contributed by atoms with Gasteiger partial charge in [0.1, 0.15) is 0 Å². The number of rotatable bonds is 3. The van der Waals surface area contributed by atoms with Crippen LogP contribution in [0.4, 0.5) is 0 Å². The van der Waals surface area contributed by atoms with Crippen LogP contribution in [-0.4, -0.2) is 6.29 Å². The normalized spacial score (nSPS) is 11.2. The van der Waals surface area contributed by atoms with E-state index in [4.69, 9.17) is 11.6 Å². The summed E-state index contributed by atoms with van der Waals surface area (Å²) in [5, 5.41) is 0.689. The number of halogens is 1. The van der Waals surface area contributed by atoms with Crippen molar-refractivity contribution in [3.05, 3.63) is 70.7 Å². The molecule has 17 heavy (non-hydrogen) atoms. The Balaban J connectivity index is 2.36.